The molecular weight excluding hydrogens is 261 g/mol. The molecule has 0 spiro atoms. The van der Waals surface area contributed by atoms with E-state index < -0.39 is 19.9 Å². The van der Waals surface area contributed by atoms with Gasteiger partial charge in [0.05, 0.1) is 5.57 Å². The Morgan fingerprint density at radius 3 is 2.33 bits per heavy atom. The van der Waals surface area contributed by atoms with Gasteiger partial charge in [0.2, 0.25) is 0 Å². The van der Waals surface area contributed by atoms with Crippen molar-refractivity contribution >= 4 is 13.8 Å². The number of phosphoric acid groups is 1. The summed E-state index contributed by atoms with van der Waals surface area (Å²) in [5, 5.41) is 8.75. The summed E-state index contributed by atoms with van der Waals surface area (Å²) in [4.78, 5) is 30.1. The maximum Gasteiger partial charge on any atom is 0.470 e. The van der Waals surface area contributed by atoms with E-state index in [1.165, 1.54) is 0 Å². The number of unbranched alkanes of at least 4 members (excludes halogenated alkanes) is 1. The van der Waals surface area contributed by atoms with Crippen molar-refractivity contribution in [3.05, 3.63) is 12.2 Å². The SMILES string of the molecule is C=C(C(=O)O)C(CCCCN(C)C)OP(=O)(O)O. The summed E-state index contributed by atoms with van der Waals surface area (Å²) >= 11 is 0. The molecule has 0 saturated carbocycles. The number of phosphoric ester groups is 1. The van der Waals surface area contributed by atoms with Crippen molar-refractivity contribution in [1.82, 2.24) is 4.90 Å². The highest BCUT2D eigenvalue weighted by molar-refractivity contribution is 7.46. The van der Waals surface area contributed by atoms with Crippen LogP contribution in [0.5, 0.6) is 0 Å². The van der Waals surface area contributed by atoms with Crippen molar-refractivity contribution in [3.8, 4) is 0 Å². The lowest BCUT2D eigenvalue weighted by atomic mass is 10.1. The Kier molecular flexibility index (Phi) is 7.35. The van der Waals surface area contributed by atoms with Gasteiger partial charge in [0.15, 0.2) is 0 Å². The molecule has 0 heterocycles. The molecule has 8 heteroatoms. The molecule has 0 aromatic rings. The standard InChI is InChI=1S/C10H20NO6P/c1-8(10(12)13)9(17-18(14,15)16)6-4-5-7-11(2)3/h9H,1,4-7H2,2-3H3,(H,12,13)(H2,14,15,16). The van der Waals surface area contributed by atoms with Crippen molar-refractivity contribution in [2.75, 3.05) is 20.6 Å². The van der Waals surface area contributed by atoms with Crippen LogP contribution in [0.25, 0.3) is 0 Å². The van der Waals surface area contributed by atoms with E-state index in [0.717, 1.165) is 13.0 Å². The van der Waals surface area contributed by atoms with Crippen LogP contribution in [0.4, 0.5) is 0 Å². The summed E-state index contributed by atoms with van der Waals surface area (Å²) < 4.78 is 15.2. The van der Waals surface area contributed by atoms with E-state index in [0.29, 0.717) is 6.42 Å². The van der Waals surface area contributed by atoms with E-state index in [4.69, 9.17) is 14.9 Å². The molecule has 0 aliphatic heterocycles. The molecule has 0 saturated heterocycles. The van der Waals surface area contributed by atoms with Crippen molar-refractivity contribution < 1.29 is 28.8 Å². The summed E-state index contributed by atoms with van der Waals surface area (Å²) in [6.45, 7) is 4.08. The van der Waals surface area contributed by atoms with Gasteiger partial charge in [0, 0.05) is 0 Å². The summed E-state index contributed by atoms with van der Waals surface area (Å²) in [5.74, 6) is -1.32. The van der Waals surface area contributed by atoms with E-state index >= 15 is 0 Å². The zero-order valence-electron chi connectivity index (χ0n) is 10.6. The first-order valence-corrected chi connectivity index (χ1v) is 6.97. The summed E-state index contributed by atoms with van der Waals surface area (Å²) in [5.41, 5.74) is -0.344. The van der Waals surface area contributed by atoms with E-state index in [-0.39, 0.29) is 12.0 Å². The van der Waals surface area contributed by atoms with Gasteiger partial charge in [-0.15, -0.1) is 0 Å². The van der Waals surface area contributed by atoms with Crippen LogP contribution in [0.2, 0.25) is 0 Å². The quantitative estimate of drug-likeness (QED) is 0.326. The van der Waals surface area contributed by atoms with Gasteiger partial charge in [-0.1, -0.05) is 6.58 Å². The molecule has 0 aliphatic rings. The van der Waals surface area contributed by atoms with Crippen LogP contribution in [0, 0.1) is 0 Å². The molecular formula is C10H20NO6P. The average molecular weight is 281 g/mol. The fourth-order valence-electron chi connectivity index (χ4n) is 1.35. The first-order chi connectivity index (χ1) is 8.13. The fraction of sp³-hybridized carbons (Fsp3) is 0.700. The molecule has 0 amide bonds. The van der Waals surface area contributed by atoms with Gasteiger partial charge < -0.3 is 19.8 Å². The Bertz CT molecular complexity index is 337. The Labute approximate surface area is 106 Å². The Balaban J connectivity index is 4.36. The van der Waals surface area contributed by atoms with Gasteiger partial charge in [-0.3, -0.25) is 4.52 Å². The van der Waals surface area contributed by atoms with Crippen LogP contribution in [0.1, 0.15) is 19.3 Å². The van der Waals surface area contributed by atoms with Crippen molar-refractivity contribution in [2.45, 2.75) is 25.4 Å². The number of nitrogens with zero attached hydrogens (tertiary/aromatic N) is 1. The first kappa shape index (κ1) is 17.3. The Morgan fingerprint density at radius 2 is 1.94 bits per heavy atom. The zero-order chi connectivity index (χ0) is 14.3. The minimum Gasteiger partial charge on any atom is -0.478 e. The van der Waals surface area contributed by atoms with Crippen molar-refractivity contribution in [3.63, 3.8) is 0 Å². The van der Waals surface area contributed by atoms with Gasteiger partial charge in [-0.2, -0.15) is 0 Å². The topological polar surface area (TPSA) is 107 Å². The largest absolute Gasteiger partial charge is 0.478 e. The van der Waals surface area contributed by atoms with E-state index in [9.17, 15) is 9.36 Å². The van der Waals surface area contributed by atoms with Crippen LogP contribution in [0.15, 0.2) is 12.2 Å². The minimum absolute atomic E-state index is 0.212. The third-order valence-corrected chi connectivity index (χ3v) is 2.78. The second-order valence-corrected chi connectivity index (χ2v) is 5.41. The molecule has 106 valence electrons. The van der Waals surface area contributed by atoms with Crippen LogP contribution in [-0.4, -0.2) is 52.5 Å². The third kappa shape index (κ3) is 8.38. The summed E-state index contributed by atoms with van der Waals surface area (Å²) in [6.07, 6.45) is 0.422. The molecule has 0 radical (unpaired) electrons. The van der Waals surface area contributed by atoms with Crippen molar-refractivity contribution in [1.29, 1.82) is 0 Å². The molecule has 18 heavy (non-hydrogen) atoms. The number of hydrogen-bond donors (Lipinski definition) is 3. The second-order valence-electron chi connectivity index (χ2n) is 4.21. The maximum atomic E-state index is 10.7. The molecule has 7 nitrogen and oxygen atoms in total. The van der Waals surface area contributed by atoms with E-state index in [2.05, 4.69) is 11.1 Å². The molecule has 0 rings (SSSR count). The number of carbonyl (C=O) groups is 1. The molecule has 0 fully saturated rings. The second kappa shape index (κ2) is 7.66. The number of aliphatic carboxylic acids is 1. The number of carboxylic acid groups (broad SMARTS) is 1. The molecule has 0 aromatic heterocycles. The maximum absolute atomic E-state index is 10.7. The number of hydrogen-bond acceptors (Lipinski definition) is 4. The summed E-state index contributed by atoms with van der Waals surface area (Å²) in [6, 6.07) is 0. The fourth-order valence-corrected chi connectivity index (χ4v) is 1.92. The molecule has 0 bridgehead atoms. The van der Waals surface area contributed by atoms with Gasteiger partial charge in [0.1, 0.15) is 6.10 Å². The highest BCUT2D eigenvalue weighted by Gasteiger charge is 2.27. The third-order valence-electron chi connectivity index (χ3n) is 2.25. The predicted octanol–water partition coefficient (Wildman–Crippen LogP) is 0.837. The molecule has 1 unspecified atom stereocenters. The van der Waals surface area contributed by atoms with Crippen LogP contribution in [-0.2, 0) is 13.9 Å². The van der Waals surface area contributed by atoms with Crippen LogP contribution >= 0.6 is 7.82 Å². The van der Waals surface area contributed by atoms with Gasteiger partial charge in [-0.25, -0.2) is 9.36 Å². The Hall–Kier alpha value is -0.720. The smallest absolute Gasteiger partial charge is 0.470 e. The lowest BCUT2D eigenvalue weighted by molar-refractivity contribution is -0.133. The minimum atomic E-state index is -4.72. The van der Waals surface area contributed by atoms with Gasteiger partial charge >= 0.3 is 13.8 Å². The van der Waals surface area contributed by atoms with E-state index in [1.54, 1.807) is 0 Å². The first-order valence-electron chi connectivity index (χ1n) is 5.44. The van der Waals surface area contributed by atoms with Gasteiger partial charge in [-0.05, 0) is 39.9 Å². The monoisotopic (exact) mass is 281 g/mol. The van der Waals surface area contributed by atoms with Crippen LogP contribution in [0.3, 0.4) is 0 Å². The molecule has 3 N–H and O–H groups in total. The molecule has 0 aromatic carbocycles. The number of carboxylic acids is 1. The molecule has 1 atom stereocenters. The predicted molar refractivity (Wildman–Crippen MR) is 66.1 cm³/mol. The Morgan fingerprint density at radius 1 is 1.39 bits per heavy atom. The number of rotatable bonds is 9. The highest BCUT2D eigenvalue weighted by atomic mass is 31.2. The zero-order valence-corrected chi connectivity index (χ0v) is 11.5. The lowest BCUT2D eigenvalue weighted by Crippen LogP contribution is -2.20. The summed E-state index contributed by atoms with van der Waals surface area (Å²) in [7, 11) is -0.913. The lowest BCUT2D eigenvalue weighted by Gasteiger charge is -2.18. The highest BCUT2D eigenvalue weighted by Crippen LogP contribution is 2.40. The van der Waals surface area contributed by atoms with Crippen molar-refractivity contribution in [2.24, 2.45) is 0 Å². The average Bonchev–Trinajstić information content (AvgIpc) is 2.19. The van der Waals surface area contributed by atoms with E-state index in [1.807, 2.05) is 19.0 Å². The normalized spacial score (nSPS) is 13.6. The van der Waals surface area contributed by atoms with Gasteiger partial charge in [0.25, 0.3) is 0 Å². The molecule has 0 aliphatic carbocycles. The van der Waals surface area contributed by atoms with Crippen LogP contribution < -0.4 is 0 Å².